The predicted octanol–water partition coefficient (Wildman–Crippen LogP) is 0.252. The molecule has 82 valence electrons. The third-order valence-electron chi connectivity index (χ3n) is 2.90. The largest absolute Gasteiger partial charge is 0.388 e. The Balaban J connectivity index is 1.86. The highest BCUT2D eigenvalue weighted by atomic mass is 16.7. The molecule has 0 aromatic rings. The SMILES string of the molecule is CC1(C)OCC(CC2(O)CCNC2)O1. The van der Waals surface area contributed by atoms with Crippen LogP contribution in [0.15, 0.2) is 0 Å². The Kier molecular flexibility index (Phi) is 2.55. The van der Waals surface area contributed by atoms with Gasteiger partial charge >= 0.3 is 0 Å². The summed E-state index contributed by atoms with van der Waals surface area (Å²) < 4.78 is 11.1. The van der Waals surface area contributed by atoms with Gasteiger partial charge < -0.3 is 19.9 Å². The van der Waals surface area contributed by atoms with Gasteiger partial charge in [-0.1, -0.05) is 0 Å². The Labute approximate surface area is 84.6 Å². The molecule has 0 saturated carbocycles. The molecule has 4 nitrogen and oxygen atoms in total. The monoisotopic (exact) mass is 201 g/mol. The molecule has 2 saturated heterocycles. The number of ether oxygens (including phenoxy) is 2. The van der Waals surface area contributed by atoms with Crippen molar-refractivity contribution in [2.24, 2.45) is 0 Å². The van der Waals surface area contributed by atoms with Crippen LogP contribution in [0.2, 0.25) is 0 Å². The van der Waals surface area contributed by atoms with Crippen molar-refractivity contribution in [1.29, 1.82) is 0 Å². The fourth-order valence-corrected chi connectivity index (χ4v) is 2.19. The van der Waals surface area contributed by atoms with Crippen LogP contribution in [-0.4, -0.2) is 42.3 Å². The van der Waals surface area contributed by atoms with Gasteiger partial charge in [-0.3, -0.25) is 0 Å². The van der Waals surface area contributed by atoms with Gasteiger partial charge in [0.25, 0.3) is 0 Å². The van der Waals surface area contributed by atoms with Crippen LogP contribution >= 0.6 is 0 Å². The van der Waals surface area contributed by atoms with Crippen LogP contribution in [-0.2, 0) is 9.47 Å². The van der Waals surface area contributed by atoms with Crippen LogP contribution in [0.3, 0.4) is 0 Å². The van der Waals surface area contributed by atoms with E-state index in [4.69, 9.17) is 9.47 Å². The van der Waals surface area contributed by atoms with E-state index < -0.39 is 11.4 Å². The molecule has 0 aromatic heterocycles. The summed E-state index contributed by atoms with van der Waals surface area (Å²) in [4.78, 5) is 0. The highest BCUT2D eigenvalue weighted by Gasteiger charge is 2.40. The molecule has 4 heteroatoms. The molecule has 0 spiro atoms. The van der Waals surface area contributed by atoms with Crippen LogP contribution in [0, 0.1) is 0 Å². The first kappa shape index (κ1) is 10.4. The standard InChI is InChI=1S/C10H19NO3/c1-9(2)13-6-8(14-9)5-10(12)3-4-11-7-10/h8,11-12H,3-7H2,1-2H3. The van der Waals surface area contributed by atoms with E-state index in [-0.39, 0.29) is 6.10 Å². The van der Waals surface area contributed by atoms with E-state index in [1.165, 1.54) is 0 Å². The number of hydrogen-bond donors (Lipinski definition) is 2. The van der Waals surface area contributed by atoms with Crippen molar-refractivity contribution in [3.63, 3.8) is 0 Å². The van der Waals surface area contributed by atoms with Crippen molar-refractivity contribution < 1.29 is 14.6 Å². The van der Waals surface area contributed by atoms with Gasteiger partial charge in [0, 0.05) is 13.0 Å². The van der Waals surface area contributed by atoms with E-state index in [2.05, 4.69) is 5.32 Å². The molecule has 14 heavy (non-hydrogen) atoms. The molecule has 2 aliphatic rings. The highest BCUT2D eigenvalue weighted by Crippen LogP contribution is 2.29. The smallest absolute Gasteiger partial charge is 0.163 e. The summed E-state index contributed by atoms with van der Waals surface area (Å²) in [5.41, 5.74) is -0.589. The van der Waals surface area contributed by atoms with Crippen molar-refractivity contribution in [2.45, 2.75) is 44.2 Å². The minimum Gasteiger partial charge on any atom is -0.388 e. The van der Waals surface area contributed by atoms with Gasteiger partial charge in [-0.15, -0.1) is 0 Å². The quantitative estimate of drug-likeness (QED) is 0.672. The van der Waals surface area contributed by atoms with Gasteiger partial charge in [0.2, 0.25) is 0 Å². The van der Waals surface area contributed by atoms with Crippen LogP contribution in [0.1, 0.15) is 26.7 Å². The molecule has 0 aliphatic carbocycles. The zero-order valence-corrected chi connectivity index (χ0v) is 8.88. The minimum absolute atomic E-state index is 0.0369. The van der Waals surface area contributed by atoms with Crippen molar-refractivity contribution in [3.8, 4) is 0 Å². The second-order valence-electron chi connectivity index (χ2n) is 4.81. The molecule has 0 aromatic carbocycles. The summed E-state index contributed by atoms with van der Waals surface area (Å²) in [5.74, 6) is -0.479. The average molecular weight is 201 g/mol. The molecular weight excluding hydrogens is 182 g/mol. The van der Waals surface area contributed by atoms with Gasteiger partial charge in [0.1, 0.15) is 0 Å². The lowest BCUT2D eigenvalue weighted by Crippen LogP contribution is -2.36. The molecule has 0 radical (unpaired) electrons. The van der Waals surface area contributed by atoms with Gasteiger partial charge in [-0.05, 0) is 26.8 Å². The molecule has 0 bridgehead atoms. The number of β-amino-alcohol motifs (C(OH)–C–C–N with tert-alkyl or cyclic N) is 1. The van der Waals surface area contributed by atoms with Crippen LogP contribution in [0.4, 0.5) is 0 Å². The predicted molar refractivity (Wildman–Crippen MR) is 52.0 cm³/mol. The summed E-state index contributed by atoms with van der Waals surface area (Å²) >= 11 is 0. The Bertz CT molecular complexity index is 211. The zero-order valence-electron chi connectivity index (χ0n) is 8.88. The average Bonchev–Trinajstić information content (AvgIpc) is 2.59. The number of rotatable bonds is 2. The Morgan fingerprint density at radius 3 is 2.79 bits per heavy atom. The van der Waals surface area contributed by atoms with Gasteiger partial charge in [-0.2, -0.15) is 0 Å². The maximum atomic E-state index is 10.1. The Hall–Kier alpha value is -0.160. The van der Waals surface area contributed by atoms with E-state index in [0.29, 0.717) is 19.6 Å². The van der Waals surface area contributed by atoms with Crippen LogP contribution in [0.25, 0.3) is 0 Å². The molecule has 2 fully saturated rings. The van der Waals surface area contributed by atoms with Crippen LogP contribution < -0.4 is 5.32 Å². The molecule has 2 unspecified atom stereocenters. The Morgan fingerprint density at radius 2 is 2.29 bits per heavy atom. The van der Waals surface area contributed by atoms with Crippen molar-refractivity contribution in [1.82, 2.24) is 5.32 Å². The maximum Gasteiger partial charge on any atom is 0.163 e. The summed E-state index contributed by atoms with van der Waals surface area (Å²) in [6.45, 7) is 5.98. The molecule has 2 rings (SSSR count). The summed E-state index contributed by atoms with van der Waals surface area (Å²) in [7, 11) is 0. The summed E-state index contributed by atoms with van der Waals surface area (Å²) in [6, 6.07) is 0. The Morgan fingerprint density at radius 1 is 1.50 bits per heavy atom. The summed E-state index contributed by atoms with van der Waals surface area (Å²) in [6.07, 6.45) is 1.52. The highest BCUT2D eigenvalue weighted by molar-refractivity contribution is 4.91. The van der Waals surface area contributed by atoms with Crippen LogP contribution in [0.5, 0.6) is 0 Å². The zero-order chi connectivity index (χ0) is 10.2. The molecule has 2 aliphatic heterocycles. The van der Waals surface area contributed by atoms with Crippen molar-refractivity contribution >= 4 is 0 Å². The van der Waals surface area contributed by atoms with E-state index in [9.17, 15) is 5.11 Å². The molecule has 2 atom stereocenters. The lowest BCUT2D eigenvalue weighted by Gasteiger charge is -2.25. The fraction of sp³-hybridized carbons (Fsp3) is 1.00. The van der Waals surface area contributed by atoms with E-state index in [1.54, 1.807) is 0 Å². The number of nitrogens with one attached hydrogen (secondary N) is 1. The second-order valence-corrected chi connectivity index (χ2v) is 4.81. The molecule has 0 amide bonds. The minimum atomic E-state index is -0.589. The molecule has 2 N–H and O–H groups in total. The normalized spacial score (nSPS) is 41.8. The van der Waals surface area contributed by atoms with E-state index in [0.717, 1.165) is 13.0 Å². The third-order valence-corrected chi connectivity index (χ3v) is 2.90. The number of aliphatic hydroxyl groups is 1. The first-order valence-electron chi connectivity index (χ1n) is 5.24. The third kappa shape index (κ3) is 2.25. The first-order valence-corrected chi connectivity index (χ1v) is 5.24. The second kappa shape index (κ2) is 3.45. The topological polar surface area (TPSA) is 50.7 Å². The lowest BCUT2D eigenvalue weighted by molar-refractivity contribution is -0.144. The van der Waals surface area contributed by atoms with Crippen molar-refractivity contribution in [3.05, 3.63) is 0 Å². The van der Waals surface area contributed by atoms with Gasteiger partial charge in [0.15, 0.2) is 5.79 Å². The lowest BCUT2D eigenvalue weighted by atomic mass is 9.96. The number of hydrogen-bond acceptors (Lipinski definition) is 4. The van der Waals surface area contributed by atoms with Gasteiger partial charge in [0.05, 0.1) is 18.3 Å². The molecular formula is C10H19NO3. The van der Waals surface area contributed by atoms with E-state index >= 15 is 0 Å². The van der Waals surface area contributed by atoms with E-state index in [1.807, 2.05) is 13.8 Å². The first-order chi connectivity index (χ1) is 6.49. The maximum absolute atomic E-state index is 10.1. The molecule has 2 heterocycles. The fourth-order valence-electron chi connectivity index (χ4n) is 2.19. The van der Waals surface area contributed by atoms with Gasteiger partial charge in [-0.25, -0.2) is 0 Å². The van der Waals surface area contributed by atoms with Crippen molar-refractivity contribution in [2.75, 3.05) is 19.7 Å². The summed E-state index contributed by atoms with van der Waals surface area (Å²) in [5, 5.41) is 13.3.